The predicted octanol–water partition coefficient (Wildman–Crippen LogP) is 13.3. The van der Waals surface area contributed by atoms with Crippen LogP contribution in [0.25, 0.3) is 89.0 Å². The standard InChI is InChI=1S/C48H32/c1-5-13-33(14-6-1)37-21-25-41-42-26-22-39(35-17-9-3-10-18-35)31-47(42)48-32-40(36-19-11-4-12-20-36)24-28-44(48)43-27-23-38(30-46(43)45(41)29-37)34-15-7-2-8-16-34/h1-32H. The maximum absolute atomic E-state index is 2.40. The zero-order chi connectivity index (χ0) is 31.9. The van der Waals surface area contributed by atoms with Gasteiger partial charge in [-0.1, -0.05) is 170 Å². The van der Waals surface area contributed by atoms with Crippen LogP contribution in [0.1, 0.15) is 0 Å². The molecule has 1 aliphatic rings. The minimum atomic E-state index is 1.22. The molecular formula is C48H32. The molecule has 0 radical (unpaired) electrons. The molecule has 0 atom stereocenters. The summed E-state index contributed by atoms with van der Waals surface area (Å²) < 4.78 is 0. The molecule has 0 heterocycles. The molecule has 1 aliphatic carbocycles. The van der Waals surface area contributed by atoms with Crippen molar-refractivity contribution in [2.75, 3.05) is 0 Å². The summed E-state index contributed by atoms with van der Waals surface area (Å²) >= 11 is 0. The second-order valence-corrected chi connectivity index (χ2v) is 12.5. The van der Waals surface area contributed by atoms with Crippen molar-refractivity contribution in [3.8, 4) is 89.0 Å². The largest absolute Gasteiger partial charge is 0.0622 e. The summed E-state index contributed by atoms with van der Waals surface area (Å²) in [6.07, 6.45) is 0. The normalized spacial score (nSPS) is 11.3. The summed E-state index contributed by atoms with van der Waals surface area (Å²) in [6, 6.07) is 71.0. The SMILES string of the molecule is c1ccc(-c2ccc3c(c2)-c2cc(-c4ccccc4)ccc2-c2ccc(-c4ccccc4)cc2-c2cc(-c4ccccc4)ccc2-3)cc1. The lowest BCUT2D eigenvalue weighted by molar-refractivity contribution is 1.50. The van der Waals surface area contributed by atoms with Gasteiger partial charge < -0.3 is 0 Å². The second kappa shape index (κ2) is 11.8. The van der Waals surface area contributed by atoms with Gasteiger partial charge in [0.2, 0.25) is 0 Å². The Kier molecular flexibility index (Phi) is 6.91. The Balaban J connectivity index is 1.37. The van der Waals surface area contributed by atoms with E-state index >= 15 is 0 Å². The molecular weight excluding hydrogens is 577 g/mol. The highest BCUT2D eigenvalue weighted by atomic mass is 14.3. The molecule has 0 heteroatoms. The van der Waals surface area contributed by atoms with Gasteiger partial charge in [-0.15, -0.1) is 0 Å². The molecule has 0 aromatic heterocycles. The van der Waals surface area contributed by atoms with Gasteiger partial charge in [0, 0.05) is 0 Å². The van der Waals surface area contributed by atoms with E-state index in [1.54, 1.807) is 0 Å². The van der Waals surface area contributed by atoms with E-state index in [2.05, 4.69) is 194 Å². The Hall–Kier alpha value is -6.24. The van der Waals surface area contributed by atoms with Gasteiger partial charge in [-0.05, 0) is 113 Å². The fourth-order valence-corrected chi connectivity index (χ4v) is 7.25. The van der Waals surface area contributed by atoms with E-state index in [1.807, 2.05) is 0 Å². The van der Waals surface area contributed by atoms with Crippen LogP contribution in [0.4, 0.5) is 0 Å². The molecule has 0 N–H and O–H groups in total. The van der Waals surface area contributed by atoms with Gasteiger partial charge in [-0.2, -0.15) is 0 Å². The van der Waals surface area contributed by atoms with Gasteiger partial charge in [-0.25, -0.2) is 0 Å². The number of hydrogen-bond acceptors (Lipinski definition) is 0. The van der Waals surface area contributed by atoms with E-state index in [0.717, 1.165) is 0 Å². The van der Waals surface area contributed by atoms with Crippen LogP contribution in [0.3, 0.4) is 0 Å². The molecule has 0 bridgehead atoms. The Bertz CT molecular complexity index is 2060. The summed E-state index contributed by atoms with van der Waals surface area (Å²) in [5.41, 5.74) is 19.7. The first-order chi connectivity index (χ1) is 23.8. The highest BCUT2D eigenvalue weighted by Gasteiger charge is 2.24. The summed E-state index contributed by atoms with van der Waals surface area (Å²) in [5.74, 6) is 0. The van der Waals surface area contributed by atoms with Crippen LogP contribution < -0.4 is 0 Å². The van der Waals surface area contributed by atoms with Crippen molar-refractivity contribution < 1.29 is 0 Å². The molecule has 48 heavy (non-hydrogen) atoms. The minimum absolute atomic E-state index is 1.22. The van der Waals surface area contributed by atoms with E-state index in [-0.39, 0.29) is 0 Å². The molecule has 0 nitrogen and oxygen atoms in total. The number of rotatable bonds is 4. The first kappa shape index (κ1) is 28.0. The van der Waals surface area contributed by atoms with Crippen LogP contribution in [0.2, 0.25) is 0 Å². The number of benzene rings is 8. The van der Waals surface area contributed by atoms with Crippen molar-refractivity contribution in [3.63, 3.8) is 0 Å². The van der Waals surface area contributed by atoms with E-state index in [9.17, 15) is 0 Å². The predicted molar refractivity (Wildman–Crippen MR) is 203 cm³/mol. The van der Waals surface area contributed by atoms with Crippen molar-refractivity contribution in [2.24, 2.45) is 0 Å². The van der Waals surface area contributed by atoms with Crippen molar-refractivity contribution in [2.45, 2.75) is 0 Å². The Morgan fingerprint density at radius 1 is 0.146 bits per heavy atom. The first-order valence-corrected chi connectivity index (χ1v) is 16.6. The molecule has 0 saturated carbocycles. The molecule has 0 amide bonds. The number of hydrogen-bond donors (Lipinski definition) is 0. The average molecular weight is 609 g/mol. The first-order valence-electron chi connectivity index (χ1n) is 16.6. The third-order valence-corrected chi connectivity index (χ3v) is 9.67. The lowest BCUT2D eigenvalue weighted by Crippen LogP contribution is -1.99. The second-order valence-electron chi connectivity index (χ2n) is 12.5. The highest BCUT2D eigenvalue weighted by Crippen LogP contribution is 2.51. The lowest BCUT2D eigenvalue weighted by Gasteiger charge is -2.25. The van der Waals surface area contributed by atoms with Gasteiger partial charge in [0.05, 0.1) is 0 Å². The molecule has 224 valence electrons. The molecule has 0 aliphatic heterocycles. The molecule has 0 unspecified atom stereocenters. The monoisotopic (exact) mass is 608 g/mol. The maximum atomic E-state index is 2.40. The van der Waals surface area contributed by atoms with Gasteiger partial charge >= 0.3 is 0 Å². The third-order valence-electron chi connectivity index (χ3n) is 9.67. The topological polar surface area (TPSA) is 0 Å². The van der Waals surface area contributed by atoms with Gasteiger partial charge in [0.15, 0.2) is 0 Å². The van der Waals surface area contributed by atoms with Gasteiger partial charge in [-0.3, -0.25) is 0 Å². The van der Waals surface area contributed by atoms with E-state index < -0.39 is 0 Å². The van der Waals surface area contributed by atoms with Crippen molar-refractivity contribution >= 4 is 0 Å². The fourth-order valence-electron chi connectivity index (χ4n) is 7.25. The van der Waals surface area contributed by atoms with Crippen LogP contribution in [-0.2, 0) is 0 Å². The van der Waals surface area contributed by atoms with Crippen molar-refractivity contribution in [1.82, 2.24) is 0 Å². The minimum Gasteiger partial charge on any atom is -0.0622 e. The highest BCUT2D eigenvalue weighted by molar-refractivity contribution is 6.06. The zero-order valence-electron chi connectivity index (χ0n) is 26.5. The van der Waals surface area contributed by atoms with Crippen LogP contribution in [0.15, 0.2) is 194 Å². The summed E-state index contributed by atoms with van der Waals surface area (Å²) in [5, 5.41) is 0. The van der Waals surface area contributed by atoms with Crippen LogP contribution in [0, 0.1) is 0 Å². The summed E-state index contributed by atoms with van der Waals surface area (Å²) in [6.45, 7) is 0. The lowest BCUT2D eigenvalue weighted by atomic mass is 9.78. The zero-order valence-corrected chi connectivity index (χ0v) is 26.5. The Labute approximate surface area is 282 Å². The van der Waals surface area contributed by atoms with Crippen LogP contribution in [0.5, 0.6) is 0 Å². The molecule has 0 spiro atoms. The average Bonchev–Trinajstić information content (AvgIpc) is 3.18. The smallest absolute Gasteiger partial charge is 0.00926 e. The van der Waals surface area contributed by atoms with E-state index in [1.165, 1.54) is 89.0 Å². The van der Waals surface area contributed by atoms with Crippen LogP contribution in [-0.4, -0.2) is 0 Å². The Morgan fingerprint density at radius 2 is 0.354 bits per heavy atom. The van der Waals surface area contributed by atoms with Crippen molar-refractivity contribution in [1.29, 1.82) is 0 Å². The van der Waals surface area contributed by atoms with Gasteiger partial charge in [0.25, 0.3) is 0 Å². The number of fused-ring (bicyclic) bond motifs is 8. The Morgan fingerprint density at radius 3 is 0.562 bits per heavy atom. The van der Waals surface area contributed by atoms with Crippen molar-refractivity contribution in [3.05, 3.63) is 194 Å². The molecule has 0 saturated heterocycles. The maximum Gasteiger partial charge on any atom is -0.00926 e. The van der Waals surface area contributed by atoms with E-state index in [4.69, 9.17) is 0 Å². The molecule has 8 aromatic rings. The third kappa shape index (κ3) is 4.96. The molecule has 9 rings (SSSR count). The molecule has 0 fully saturated rings. The molecule has 8 aromatic carbocycles. The van der Waals surface area contributed by atoms with E-state index in [0.29, 0.717) is 0 Å². The quantitative estimate of drug-likeness (QED) is 0.186. The summed E-state index contributed by atoms with van der Waals surface area (Å²) in [7, 11) is 0. The van der Waals surface area contributed by atoms with Gasteiger partial charge in [0.1, 0.15) is 0 Å². The fraction of sp³-hybridized carbons (Fsp3) is 0. The summed E-state index contributed by atoms with van der Waals surface area (Å²) in [4.78, 5) is 0. The van der Waals surface area contributed by atoms with Crippen LogP contribution >= 0.6 is 0 Å².